The van der Waals surface area contributed by atoms with Crippen molar-refractivity contribution in [3.8, 4) is 0 Å². The van der Waals surface area contributed by atoms with Gasteiger partial charge in [-0.15, -0.1) is 0 Å². The monoisotopic (exact) mass is 238 g/mol. The number of rotatable bonds is 2. The van der Waals surface area contributed by atoms with Gasteiger partial charge in [-0.05, 0) is 59.5 Å². The Morgan fingerprint density at radius 2 is 1.53 bits per heavy atom. The van der Waals surface area contributed by atoms with E-state index in [1.165, 1.54) is 58.0 Å². The second-order valence-corrected chi connectivity index (χ2v) is 6.95. The van der Waals surface area contributed by atoms with Gasteiger partial charge in [0.25, 0.3) is 0 Å². The normalized spacial score (nSPS) is 32.6. The lowest BCUT2D eigenvalue weighted by molar-refractivity contribution is 0.0904. The maximum absolute atomic E-state index is 3.86. The van der Waals surface area contributed by atoms with Gasteiger partial charge in [-0.2, -0.15) is 0 Å². The minimum atomic E-state index is 0.260. The fourth-order valence-electron chi connectivity index (χ4n) is 3.52. The molecule has 17 heavy (non-hydrogen) atoms. The predicted molar refractivity (Wildman–Crippen MR) is 74.4 cm³/mol. The molecule has 2 atom stereocenters. The summed E-state index contributed by atoms with van der Waals surface area (Å²) in [5.74, 6) is 0. The molecule has 2 aliphatic rings. The third-order valence-corrected chi connectivity index (χ3v) is 4.21. The molecule has 1 saturated heterocycles. The first kappa shape index (κ1) is 13.4. The lowest BCUT2D eigenvalue weighted by Crippen LogP contribution is -2.57. The molecule has 2 fully saturated rings. The number of hydrogen-bond donors (Lipinski definition) is 1. The van der Waals surface area contributed by atoms with Gasteiger partial charge < -0.3 is 5.32 Å². The highest BCUT2D eigenvalue weighted by Gasteiger charge is 2.32. The molecule has 100 valence electrons. The van der Waals surface area contributed by atoms with E-state index < -0.39 is 0 Å². The molecule has 0 aromatic rings. The Morgan fingerprint density at radius 1 is 0.882 bits per heavy atom. The van der Waals surface area contributed by atoms with Crippen LogP contribution in [0.2, 0.25) is 0 Å². The van der Waals surface area contributed by atoms with Crippen molar-refractivity contribution in [2.75, 3.05) is 13.1 Å². The van der Waals surface area contributed by atoms with Crippen molar-refractivity contribution in [2.45, 2.75) is 83.3 Å². The molecule has 1 aliphatic carbocycles. The van der Waals surface area contributed by atoms with Gasteiger partial charge in [-0.1, -0.05) is 19.3 Å². The van der Waals surface area contributed by atoms with E-state index in [-0.39, 0.29) is 5.54 Å². The molecule has 1 heterocycles. The third-order valence-electron chi connectivity index (χ3n) is 4.21. The highest BCUT2D eigenvalue weighted by atomic mass is 15.2. The van der Waals surface area contributed by atoms with E-state index in [1.54, 1.807) is 0 Å². The second kappa shape index (κ2) is 5.71. The molecule has 1 aliphatic heterocycles. The van der Waals surface area contributed by atoms with Gasteiger partial charge in [0.15, 0.2) is 0 Å². The number of hydrogen-bond acceptors (Lipinski definition) is 2. The number of nitrogens with zero attached hydrogens (tertiary/aromatic N) is 1. The molecule has 0 aromatic heterocycles. The van der Waals surface area contributed by atoms with Gasteiger partial charge >= 0.3 is 0 Å². The molecule has 2 rings (SSSR count). The van der Waals surface area contributed by atoms with E-state index >= 15 is 0 Å². The Bertz CT molecular complexity index is 226. The van der Waals surface area contributed by atoms with Crippen LogP contribution in [0.15, 0.2) is 0 Å². The van der Waals surface area contributed by atoms with Crippen LogP contribution in [-0.4, -0.2) is 35.6 Å². The van der Waals surface area contributed by atoms with Crippen LogP contribution in [0.25, 0.3) is 0 Å². The summed E-state index contributed by atoms with van der Waals surface area (Å²) in [5.41, 5.74) is 0.260. The van der Waals surface area contributed by atoms with Crippen molar-refractivity contribution in [1.82, 2.24) is 10.2 Å². The quantitative estimate of drug-likeness (QED) is 0.795. The smallest absolute Gasteiger partial charge is 0.0249 e. The molecule has 0 unspecified atom stereocenters. The van der Waals surface area contributed by atoms with E-state index in [0.29, 0.717) is 0 Å². The van der Waals surface area contributed by atoms with Crippen molar-refractivity contribution in [2.24, 2.45) is 0 Å². The molecular formula is C15H30N2. The van der Waals surface area contributed by atoms with Crippen molar-refractivity contribution in [3.63, 3.8) is 0 Å². The van der Waals surface area contributed by atoms with Crippen LogP contribution >= 0.6 is 0 Å². The third kappa shape index (κ3) is 3.96. The van der Waals surface area contributed by atoms with Gasteiger partial charge in [-0.3, -0.25) is 4.90 Å². The van der Waals surface area contributed by atoms with Crippen molar-refractivity contribution in [3.05, 3.63) is 0 Å². The van der Waals surface area contributed by atoms with Gasteiger partial charge in [0.2, 0.25) is 0 Å². The molecule has 0 spiro atoms. The van der Waals surface area contributed by atoms with E-state index in [0.717, 1.165) is 12.1 Å². The summed E-state index contributed by atoms with van der Waals surface area (Å²) in [4.78, 5) is 2.77. The second-order valence-electron chi connectivity index (χ2n) is 6.95. The molecule has 0 radical (unpaired) electrons. The van der Waals surface area contributed by atoms with Crippen molar-refractivity contribution < 1.29 is 0 Å². The van der Waals surface area contributed by atoms with Crippen LogP contribution in [-0.2, 0) is 0 Å². The fourth-order valence-corrected chi connectivity index (χ4v) is 3.52. The van der Waals surface area contributed by atoms with Crippen LogP contribution < -0.4 is 5.32 Å². The number of piperidine rings is 1. The van der Waals surface area contributed by atoms with E-state index in [4.69, 9.17) is 0 Å². The molecule has 0 aromatic carbocycles. The zero-order valence-corrected chi connectivity index (χ0v) is 12.0. The summed E-state index contributed by atoms with van der Waals surface area (Å²) in [5, 5.41) is 3.86. The first-order valence-electron chi connectivity index (χ1n) is 7.58. The van der Waals surface area contributed by atoms with Crippen LogP contribution in [0.4, 0.5) is 0 Å². The zero-order valence-electron chi connectivity index (χ0n) is 12.0. The van der Waals surface area contributed by atoms with Gasteiger partial charge in [0.05, 0.1) is 0 Å². The van der Waals surface area contributed by atoms with E-state index in [2.05, 4.69) is 31.0 Å². The summed E-state index contributed by atoms with van der Waals surface area (Å²) in [7, 11) is 0. The summed E-state index contributed by atoms with van der Waals surface area (Å²) >= 11 is 0. The topological polar surface area (TPSA) is 15.3 Å². The number of likely N-dealkylation sites (tertiary alicyclic amines) is 1. The van der Waals surface area contributed by atoms with E-state index in [1.807, 2.05) is 0 Å². The van der Waals surface area contributed by atoms with Crippen LogP contribution in [0.3, 0.4) is 0 Å². The minimum absolute atomic E-state index is 0.260. The van der Waals surface area contributed by atoms with E-state index in [9.17, 15) is 0 Å². The maximum Gasteiger partial charge on any atom is 0.0249 e. The zero-order chi connectivity index (χ0) is 12.3. The van der Waals surface area contributed by atoms with Gasteiger partial charge in [0.1, 0.15) is 0 Å². The average Bonchev–Trinajstić information content (AvgIpc) is 2.29. The summed E-state index contributed by atoms with van der Waals surface area (Å²) in [6.45, 7) is 9.58. The first-order chi connectivity index (χ1) is 8.06. The SMILES string of the molecule is CC(C)(C)N[C@H]1CCCC[C@@H]1N1CCCCC1. The average molecular weight is 238 g/mol. The molecular weight excluding hydrogens is 208 g/mol. The first-order valence-corrected chi connectivity index (χ1v) is 7.58. The highest BCUT2D eigenvalue weighted by molar-refractivity contribution is 4.92. The predicted octanol–water partition coefficient (Wildman–Crippen LogP) is 3.17. The Morgan fingerprint density at radius 3 is 2.18 bits per heavy atom. The maximum atomic E-state index is 3.86. The lowest BCUT2D eigenvalue weighted by atomic mass is 9.86. The molecule has 2 heteroatoms. The van der Waals surface area contributed by atoms with Crippen LogP contribution in [0.1, 0.15) is 65.7 Å². The van der Waals surface area contributed by atoms with Crippen LogP contribution in [0.5, 0.6) is 0 Å². The Hall–Kier alpha value is -0.0800. The molecule has 1 saturated carbocycles. The van der Waals surface area contributed by atoms with Crippen LogP contribution in [0, 0.1) is 0 Å². The standard InChI is InChI=1S/C15H30N2/c1-15(2,3)16-13-9-5-6-10-14(13)17-11-7-4-8-12-17/h13-14,16H,4-12H2,1-3H3/t13-,14-/m0/s1. The van der Waals surface area contributed by atoms with Crippen molar-refractivity contribution in [1.29, 1.82) is 0 Å². The van der Waals surface area contributed by atoms with Crippen molar-refractivity contribution >= 4 is 0 Å². The molecule has 0 amide bonds. The Kier molecular flexibility index (Phi) is 4.48. The van der Waals surface area contributed by atoms with Gasteiger partial charge in [0, 0.05) is 17.6 Å². The van der Waals surface area contributed by atoms with Gasteiger partial charge in [-0.25, -0.2) is 0 Å². The summed E-state index contributed by atoms with van der Waals surface area (Å²) in [6.07, 6.45) is 9.91. The lowest BCUT2D eigenvalue weighted by Gasteiger charge is -2.44. The molecule has 1 N–H and O–H groups in total. The summed E-state index contributed by atoms with van der Waals surface area (Å²) < 4.78 is 0. The highest BCUT2D eigenvalue weighted by Crippen LogP contribution is 2.27. The fraction of sp³-hybridized carbons (Fsp3) is 1.00. The minimum Gasteiger partial charge on any atom is -0.308 e. The Balaban J connectivity index is 1.95. The molecule has 0 bridgehead atoms. The molecule has 2 nitrogen and oxygen atoms in total. The largest absolute Gasteiger partial charge is 0.308 e. The summed E-state index contributed by atoms with van der Waals surface area (Å²) in [6, 6.07) is 1.53. The number of nitrogens with one attached hydrogen (secondary N) is 1. The Labute approximate surface area is 107 Å².